The zero-order valence-electron chi connectivity index (χ0n) is 17.0. The first-order chi connectivity index (χ1) is 15.2. The molecule has 5 aromatic heterocycles. The molecule has 0 aliphatic rings. The van der Waals surface area contributed by atoms with E-state index in [1.165, 1.54) is 9.75 Å². The molecular weight excluding hydrogens is 404 g/mol. The van der Waals surface area contributed by atoms with Crippen LogP contribution in [0.25, 0.3) is 55.2 Å². The van der Waals surface area contributed by atoms with Crippen LogP contribution in [0.15, 0.2) is 61.1 Å². The Balaban J connectivity index is 1.54. The second kappa shape index (κ2) is 6.85. The maximum absolute atomic E-state index is 4.94. The van der Waals surface area contributed by atoms with Crippen LogP contribution in [0, 0.1) is 13.8 Å². The summed E-state index contributed by atoms with van der Waals surface area (Å²) in [6, 6.07) is 14.6. The highest BCUT2D eigenvalue weighted by atomic mass is 32.1. The Morgan fingerprint density at radius 2 is 1.90 bits per heavy atom. The summed E-state index contributed by atoms with van der Waals surface area (Å²) in [4.78, 5) is 19.8. The third-order valence-corrected chi connectivity index (χ3v) is 6.53. The Kier molecular flexibility index (Phi) is 3.97. The van der Waals surface area contributed by atoms with Gasteiger partial charge in [0.1, 0.15) is 5.69 Å². The van der Waals surface area contributed by atoms with Gasteiger partial charge in [-0.05, 0) is 43.7 Å². The van der Waals surface area contributed by atoms with Crippen molar-refractivity contribution >= 4 is 33.4 Å². The quantitative estimate of drug-likeness (QED) is 0.371. The molecule has 0 bridgehead atoms. The van der Waals surface area contributed by atoms with Crippen LogP contribution in [-0.2, 0) is 0 Å². The number of H-pyrrole nitrogens is 2. The van der Waals surface area contributed by atoms with Gasteiger partial charge in [-0.15, -0.1) is 11.3 Å². The molecule has 0 fully saturated rings. The number of hydrogen-bond acceptors (Lipinski definition) is 5. The minimum absolute atomic E-state index is 0.661. The van der Waals surface area contributed by atoms with Crippen molar-refractivity contribution < 1.29 is 0 Å². The third kappa shape index (κ3) is 2.93. The van der Waals surface area contributed by atoms with Crippen LogP contribution in [0.2, 0.25) is 0 Å². The van der Waals surface area contributed by atoms with E-state index in [1.54, 1.807) is 17.5 Å². The van der Waals surface area contributed by atoms with Crippen molar-refractivity contribution in [3.05, 3.63) is 71.5 Å². The summed E-state index contributed by atoms with van der Waals surface area (Å²) >= 11 is 1.79. The molecule has 6 nitrogen and oxygen atoms in total. The predicted molar refractivity (Wildman–Crippen MR) is 125 cm³/mol. The molecule has 31 heavy (non-hydrogen) atoms. The lowest BCUT2D eigenvalue weighted by molar-refractivity contribution is 1.09. The topological polar surface area (TPSA) is 83.1 Å². The van der Waals surface area contributed by atoms with E-state index in [1.807, 2.05) is 24.5 Å². The standard InChI is InChI=1S/C24H18N6S/c1-13-5-7-17(19-8-6-14(2)31-19)21-20(13)27-24(28-21)22-18-10-16(12-26-23(18)30-29-22)15-4-3-9-25-11-15/h3-12H,1-2H3,(H,27,28)(H,26,29,30). The maximum Gasteiger partial charge on any atom is 0.181 e. The van der Waals surface area contributed by atoms with E-state index in [9.17, 15) is 0 Å². The number of thiophene rings is 1. The second-order valence-corrected chi connectivity index (χ2v) is 8.87. The number of nitrogens with zero attached hydrogens (tertiary/aromatic N) is 4. The molecule has 0 unspecified atom stereocenters. The lowest BCUT2D eigenvalue weighted by Gasteiger charge is -2.01. The molecule has 0 saturated carbocycles. The second-order valence-electron chi connectivity index (χ2n) is 7.58. The van der Waals surface area contributed by atoms with Crippen molar-refractivity contribution in [3.8, 4) is 33.1 Å². The minimum Gasteiger partial charge on any atom is -0.336 e. The van der Waals surface area contributed by atoms with Crippen LogP contribution in [0.5, 0.6) is 0 Å². The lowest BCUT2D eigenvalue weighted by Crippen LogP contribution is -1.84. The summed E-state index contributed by atoms with van der Waals surface area (Å²) in [5, 5.41) is 8.45. The van der Waals surface area contributed by atoms with Gasteiger partial charge in [-0.25, -0.2) is 9.97 Å². The van der Waals surface area contributed by atoms with Gasteiger partial charge in [0.2, 0.25) is 0 Å². The third-order valence-electron chi connectivity index (χ3n) is 5.49. The molecule has 0 amide bonds. The average molecular weight is 423 g/mol. The number of aryl methyl sites for hydroxylation is 2. The molecule has 0 aliphatic carbocycles. The highest BCUT2D eigenvalue weighted by molar-refractivity contribution is 7.15. The molecule has 0 saturated heterocycles. The molecule has 1 aromatic carbocycles. The maximum atomic E-state index is 4.94. The fourth-order valence-electron chi connectivity index (χ4n) is 3.90. The van der Waals surface area contributed by atoms with E-state index in [0.717, 1.165) is 50.2 Å². The van der Waals surface area contributed by atoms with Crippen LogP contribution in [-0.4, -0.2) is 30.1 Å². The number of fused-ring (bicyclic) bond motifs is 2. The van der Waals surface area contributed by atoms with Crippen molar-refractivity contribution in [2.45, 2.75) is 13.8 Å². The first-order valence-corrected chi connectivity index (χ1v) is 10.8. The highest BCUT2D eigenvalue weighted by Crippen LogP contribution is 2.36. The summed E-state index contributed by atoms with van der Waals surface area (Å²) < 4.78 is 0. The van der Waals surface area contributed by atoms with Gasteiger partial charge in [0.05, 0.1) is 16.4 Å². The van der Waals surface area contributed by atoms with Gasteiger partial charge in [-0.1, -0.05) is 18.2 Å². The number of pyridine rings is 2. The summed E-state index contributed by atoms with van der Waals surface area (Å²) in [5.74, 6) is 0.756. The van der Waals surface area contributed by atoms with Crippen LogP contribution < -0.4 is 0 Å². The van der Waals surface area contributed by atoms with E-state index in [2.05, 4.69) is 69.3 Å². The van der Waals surface area contributed by atoms with Crippen LogP contribution in [0.3, 0.4) is 0 Å². The van der Waals surface area contributed by atoms with Gasteiger partial charge in [-0.3, -0.25) is 10.1 Å². The zero-order valence-corrected chi connectivity index (χ0v) is 17.8. The van der Waals surface area contributed by atoms with E-state index in [-0.39, 0.29) is 0 Å². The lowest BCUT2D eigenvalue weighted by atomic mass is 10.1. The van der Waals surface area contributed by atoms with Gasteiger partial charge < -0.3 is 4.98 Å². The van der Waals surface area contributed by atoms with Gasteiger partial charge in [0.15, 0.2) is 11.5 Å². The van der Waals surface area contributed by atoms with Gasteiger partial charge in [0.25, 0.3) is 0 Å². The van der Waals surface area contributed by atoms with Crippen molar-refractivity contribution in [3.63, 3.8) is 0 Å². The van der Waals surface area contributed by atoms with Crippen molar-refractivity contribution in [2.24, 2.45) is 0 Å². The SMILES string of the molecule is Cc1ccc(-c2ccc(C)c3nc(-c4[nH]nc5ncc(-c6cccnc6)cc45)[nH]c23)s1. The molecule has 0 atom stereocenters. The molecule has 0 radical (unpaired) electrons. The molecule has 2 N–H and O–H groups in total. The number of aromatic amines is 2. The van der Waals surface area contributed by atoms with Crippen LogP contribution >= 0.6 is 11.3 Å². The van der Waals surface area contributed by atoms with Crippen LogP contribution in [0.1, 0.15) is 10.4 Å². The Bertz CT molecular complexity index is 1560. The van der Waals surface area contributed by atoms with Crippen molar-refractivity contribution in [1.82, 2.24) is 30.1 Å². The molecule has 7 heteroatoms. The summed E-state index contributed by atoms with van der Waals surface area (Å²) in [6.07, 6.45) is 5.43. The number of rotatable bonds is 3. The average Bonchev–Trinajstić information content (AvgIpc) is 3.52. The number of hydrogen-bond donors (Lipinski definition) is 2. The first kappa shape index (κ1) is 18.0. The minimum atomic E-state index is 0.661. The molecule has 5 heterocycles. The Morgan fingerprint density at radius 1 is 0.968 bits per heavy atom. The fraction of sp³-hybridized carbons (Fsp3) is 0.0833. The molecule has 150 valence electrons. The predicted octanol–water partition coefficient (Wildman–Crippen LogP) is 5.91. The molecule has 6 rings (SSSR count). The van der Waals surface area contributed by atoms with E-state index in [4.69, 9.17) is 4.98 Å². The van der Waals surface area contributed by atoms with E-state index >= 15 is 0 Å². The van der Waals surface area contributed by atoms with Crippen LogP contribution in [0.4, 0.5) is 0 Å². The molecule has 0 aliphatic heterocycles. The largest absolute Gasteiger partial charge is 0.336 e. The van der Waals surface area contributed by atoms with Crippen molar-refractivity contribution in [2.75, 3.05) is 0 Å². The number of benzene rings is 1. The fourth-order valence-corrected chi connectivity index (χ4v) is 4.80. The number of imidazole rings is 1. The summed E-state index contributed by atoms with van der Waals surface area (Å²) in [6.45, 7) is 4.21. The monoisotopic (exact) mass is 422 g/mol. The van der Waals surface area contributed by atoms with Crippen molar-refractivity contribution in [1.29, 1.82) is 0 Å². The first-order valence-electron chi connectivity index (χ1n) is 9.98. The smallest absolute Gasteiger partial charge is 0.181 e. The van der Waals surface area contributed by atoms with E-state index < -0.39 is 0 Å². The molecule has 0 spiro atoms. The zero-order chi connectivity index (χ0) is 20.9. The number of aromatic nitrogens is 6. The molecular formula is C24H18N6S. The highest BCUT2D eigenvalue weighted by Gasteiger charge is 2.17. The van der Waals surface area contributed by atoms with Gasteiger partial charge in [0, 0.05) is 45.0 Å². The van der Waals surface area contributed by atoms with Gasteiger partial charge in [-0.2, -0.15) is 5.10 Å². The normalized spacial score (nSPS) is 11.5. The Morgan fingerprint density at radius 3 is 2.71 bits per heavy atom. The Labute approximate surface area is 182 Å². The van der Waals surface area contributed by atoms with Gasteiger partial charge >= 0.3 is 0 Å². The van der Waals surface area contributed by atoms with E-state index in [0.29, 0.717) is 5.65 Å². The number of nitrogens with one attached hydrogen (secondary N) is 2. The Hall–Kier alpha value is -3.84. The molecule has 6 aromatic rings. The summed E-state index contributed by atoms with van der Waals surface area (Å²) in [7, 11) is 0. The summed E-state index contributed by atoms with van der Waals surface area (Å²) in [5.41, 5.74) is 7.80.